The fourth-order valence-corrected chi connectivity index (χ4v) is 15.3. The van der Waals surface area contributed by atoms with Crippen molar-refractivity contribution in [1.82, 2.24) is 24.1 Å². The van der Waals surface area contributed by atoms with Gasteiger partial charge in [0.1, 0.15) is 11.2 Å². The van der Waals surface area contributed by atoms with Crippen LogP contribution in [0.2, 0.25) is 0 Å². The van der Waals surface area contributed by atoms with Crippen molar-refractivity contribution in [3.8, 4) is 56.7 Å². The highest BCUT2D eigenvalue weighted by molar-refractivity contribution is 6.13. The third kappa shape index (κ3) is 5.50. The Morgan fingerprint density at radius 1 is 0.384 bits per heavy atom. The highest BCUT2D eigenvalue weighted by Crippen LogP contribution is 2.69. The van der Waals surface area contributed by atoms with Crippen molar-refractivity contribution in [2.45, 2.75) is 37.5 Å². The van der Waals surface area contributed by atoms with Crippen molar-refractivity contribution in [1.29, 1.82) is 0 Å². The Kier molecular flexibility index (Phi) is 8.08. The first-order valence-corrected chi connectivity index (χ1v) is 26.2. The van der Waals surface area contributed by atoms with E-state index in [-0.39, 0.29) is 5.41 Å². The number of rotatable bonds is 5. The lowest BCUT2D eigenvalue weighted by atomic mass is 9.43. The molecule has 0 radical (unpaired) electrons. The van der Waals surface area contributed by atoms with E-state index >= 15 is 0 Å². The quantitative estimate of drug-likeness (QED) is 0.172. The second-order valence-corrected chi connectivity index (χ2v) is 21.5. The first kappa shape index (κ1) is 40.0. The molecule has 9 aromatic carbocycles. The van der Waals surface area contributed by atoms with Gasteiger partial charge in [-0.3, -0.25) is 4.57 Å². The molecule has 4 saturated carbocycles. The van der Waals surface area contributed by atoms with Crippen molar-refractivity contribution in [3.05, 3.63) is 211 Å². The molecular formula is C67H47N5O. The average molecular weight is 938 g/mol. The second kappa shape index (κ2) is 14.7. The first-order chi connectivity index (χ1) is 36.1. The maximum atomic E-state index is 6.54. The molecule has 0 amide bonds. The fraction of sp³-hybridized carbons (Fsp3) is 0.149. The smallest absolute Gasteiger partial charge is 0.238 e. The molecule has 0 unspecified atom stereocenters. The minimum atomic E-state index is 0.114. The Labute approximate surface area is 421 Å². The lowest BCUT2D eigenvalue weighted by Gasteiger charge is -2.61. The van der Waals surface area contributed by atoms with Gasteiger partial charge in [0.05, 0.1) is 27.6 Å². The molecule has 4 heterocycles. The molecule has 13 aromatic rings. The van der Waals surface area contributed by atoms with Crippen molar-refractivity contribution < 1.29 is 4.42 Å². The van der Waals surface area contributed by atoms with E-state index in [1.807, 2.05) is 42.5 Å². The fourth-order valence-electron chi connectivity index (χ4n) is 15.3. The minimum absolute atomic E-state index is 0.114. The number of aromatic nitrogens is 5. The third-order valence-corrected chi connectivity index (χ3v) is 18.0. The molecule has 0 saturated heterocycles. The second-order valence-electron chi connectivity index (χ2n) is 21.5. The Morgan fingerprint density at radius 2 is 0.959 bits per heavy atom. The Balaban J connectivity index is 0.814. The summed E-state index contributed by atoms with van der Waals surface area (Å²) in [6.07, 6.45) is 6.98. The summed E-state index contributed by atoms with van der Waals surface area (Å²) in [5.74, 6) is 4.97. The molecule has 0 aliphatic heterocycles. The Morgan fingerprint density at radius 3 is 1.71 bits per heavy atom. The molecule has 4 fully saturated rings. The van der Waals surface area contributed by atoms with Crippen LogP contribution in [0.5, 0.6) is 0 Å². The van der Waals surface area contributed by atoms with Gasteiger partial charge >= 0.3 is 0 Å². The van der Waals surface area contributed by atoms with Gasteiger partial charge in [-0.15, -0.1) is 0 Å². The van der Waals surface area contributed by atoms with Gasteiger partial charge in [0.25, 0.3) is 0 Å². The van der Waals surface area contributed by atoms with Crippen molar-refractivity contribution in [2.24, 2.45) is 23.7 Å². The number of nitrogens with zero attached hydrogens (tertiary/aromatic N) is 5. The van der Waals surface area contributed by atoms with Gasteiger partial charge in [-0.05, 0) is 150 Å². The zero-order chi connectivity index (χ0) is 47.5. The van der Waals surface area contributed by atoms with Gasteiger partial charge in [-0.1, -0.05) is 140 Å². The molecule has 6 heteroatoms. The molecule has 73 heavy (non-hydrogen) atoms. The van der Waals surface area contributed by atoms with Crippen molar-refractivity contribution >= 4 is 65.6 Å². The van der Waals surface area contributed by atoms with Crippen LogP contribution in [0.4, 0.5) is 0 Å². The van der Waals surface area contributed by atoms with Gasteiger partial charge < -0.3 is 8.98 Å². The van der Waals surface area contributed by atoms with Crippen LogP contribution >= 0.6 is 0 Å². The summed E-state index contributed by atoms with van der Waals surface area (Å²) in [7, 11) is 0. The topological polar surface area (TPSA) is 61.7 Å². The Bertz CT molecular complexity index is 4450. The van der Waals surface area contributed by atoms with Crippen molar-refractivity contribution in [2.75, 3.05) is 0 Å². The average Bonchev–Trinajstić information content (AvgIpc) is 4.23. The molecule has 1 spiro atoms. The van der Waals surface area contributed by atoms with Crippen LogP contribution in [-0.2, 0) is 5.41 Å². The highest BCUT2D eigenvalue weighted by Gasteiger charge is 2.61. The molecule has 5 aliphatic rings. The number of furan rings is 1. The summed E-state index contributed by atoms with van der Waals surface area (Å²) in [5, 5.41) is 6.89. The van der Waals surface area contributed by atoms with Crippen LogP contribution in [0.25, 0.3) is 122 Å². The van der Waals surface area contributed by atoms with Gasteiger partial charge in [-0.2, -0.15) is 9.97 Å². The molecule has 4 aromatic heterocycles. The van der Waals surface area contributed by atoms with Crippen LogP contribution in [0.15, 0.2) is 205 Å². The van der Waals surface area contributed by atoms with E-state index in [9.17, 15) is 0 Å². The van der Waals surface area contributed by atoms with Gasteiger partial charge in [0.2, 0.25) is 5.95 Å². The summed E-state index contributed by atoms with van der Waals surface area (Å²) in [5.41, 5.74) is 17.7. The van der Waals surface area contributed by atoms with Gasteiger partial charge in [0.15, 0.2) is 11.6 Å². The van der Waals surface area contributed by atoms with E-state index < -0.39 is 0 Å². The van der Waals surface area contributed by atoms with E-state index in [0.29, 0.717) is 17.6 Å². The summed E-state index contributed by atoms with van der Waals surface area (Å²) >= 11 is 0. The number of para-hydroxylation sites is 4. The monoisotopic (exact) mass is 937 g/mol. The molecule has 346 valence electrons. The zero-order valence-corrected chi connectivity index (χ0v) is 40.0. The SMILES string of the molecule is c1ccc(-c2nc(-c3cccc4c3oc3ccccc34)nc(-n3c4ccccc4c4cc(-c5ccc6c(c5)c5ccccc5n6-c5ccc6c(c5)C5(c7ccccc7-6)C6CC7CC(C6)CC5C7)ccc43)n2)cc1. The normalized spacial score (nSPS) is 20.7. The van der Waals surface area contributed by atoms with Gasteiger partial charge in [0, 0.05) is 49.0 Å². The van der Waals surface area contributed by atoms with E-state index in [1.54, 1.807) is 11.1 Å². The highest BCUT2D eigenvalue weighted by atomic mass is 16.3. The lowest BCUT2D eigenvalue weighted by Crippen LogP contribution is -2.55. The third-order valence-electron chi connectivity index (χ3n) is 18.0. The van der Waals surface area contributed by atoms with Crippen LogP contribution in [0.1, 0.15) is 43.2 Å². The summed E-state index contributed by atoms with van der Waals surface area (Å²) in [6, 6.07) is 73.1. The molecule has 6 nitrogen and oxygen atoms in total. The molecule has 4 bridgehead atoms. The molecule has 0 atom stereocenters. The standard InChI is InChI=1S/C67H47N5O/c1-2-13-41(14-3-1)64-68-65(53-20-12-19-52-51-18-7-11-24-62(51)73-63(52)53)70-66(69-64)72-59-23-10-6-17-50(59)55-37-43(26-30-61(55)72)42-25-29-60-54(36-42)49-16-5-9-22-58(49)71(60)46-27-28-48-47-15-4-8-21-56(47)67(57(48)38-46)44-32-39-31-40(34-44)35-45(67)33-39/h1-30,36-40,44-45H,31-35H2. The molecular weight excluding hydrogens is 891 g/mol. The summed E-state index contributed by atoms with van der Waals surface area (Å²) in [4.78, 5) is 15.7. The van der Waals surface area contributed by atoms with E-state index in [2.05, 4.69) is 167 Å². The van der Waals surface area contributed by atoms with Gasteiger partial charge in [-0.25, -0.2) is 4.98 Å². The van der Waals surface area contributed by atoms with Crippen molar-refractivity contribution in [3.63, 3.8) is 0 Å². The number of fused-ring (bicyclic) bond motifs is 12. The lowest BCUT2D eigenvalue weighted by molar-refractivity contribution is -0.0399. The zero-order valence-electron chi connectivity index (χ0n) is 40.0. The summed E-state index contributed by atoms with van der Waals surface area (Å²) < 4.78 is 11.3. The van der Waals surface area contributed by atoms with E-state index in [1.165, 1.54) is 76.3 Å². The predicted octanol–water partition coefficient (Wildman–Crippen LogP) is 16.7. The Hall–Kier alpha value is -8.61. The van der Waals surface area contributed by atoms with Crippen LogP contribution in [-0.4, -0.2) is 24.1 Å². The van der Waals surface area contributed by atoms with E-state index in [4.69, 9.17) is 19.4 Å². The maximum absolute atomic E-state index is 6.54. The van der Waals surface area contributed by atoms with Crippen LogP contribution in [0.3, 0.4) is 0 Å². The number of hydrogen-bond acceptors (Lipinski definition) is 4. The molecule has 5 aliphatic carbocycles. The van der Waals surface area contributed by atoms with Crippen LogP contribution in [0, 0.1) is 23.7 Å². The van der Waals surface area contributed by atoms with E-state index in [0.717, 1.165) is 84.1 Å². The minimum Gasteiger partial charge on any atom is -0.455 e. The number of hydrogen-bond donors (Lipinski definition) is 0. The van der Waals surface area contributed by atoms with Crippen LogP contribution < -0.4 is 0 Å². The summed E-state index contributed by atoms with van der Waals surface area (Å²) in [6.45, 7) is 0. The first-order valence-electron chi connectivity index (χ1n) is 26.2. The molecule has 0 N–H and O–H groups in total. The largest absolute Gasteiger partial charge is 0.455 e. The number of benzene rings is 9. The molecule has 18 rings (SSSR count). The maximum Gasteiger partial charge on any atom is 0.238 e. The predicted molar refractivity (Wildman–Crippen MR) is 295 cm³/mol.